The van der Waals surface area contributed by atoms with Crippen LogP contribution in [0.1, 0.15) is 5.56 Å². The van der Waals surface area contributed by atoms with Crippen LogP contribution in [0.15, 0.2) is 46.2 Å². The first kappa shape index (κ1) is 15.5. The van der Waals surface area contributed by atoms with Crippen LogP contribution >= 0.6 is 11.3 Å². The summed E-state index contributed by atoms with van der Waals surface area (Å²) in [4.78, 5) is 4.49. The molecule has 0 amide bonds. The molecule has 5 nitrogen and oxygen atoms in total. The van der Waals surface area contributed by atoms with E-state index in [9.17, 15) is 10.2 Å². The zero-order chi connectivity index (χ0) is 17.6. The van der Waals surface area contributed by atoms with Crippen LogP contribution in [0, 0.1) is 6.92 Å². The summed E-state index contributed by atoms with van der Waals surface area (Å²) in [7, 11) is 1.58. The van der Waals surface area contributed by atoms with Crippen molar-refractivity contribution in [3.63, 3.8) is 0 Å². The van der Waals surface area contributed by atoms with Crippen molar-refractivity contribution in [1.29, 1.82) is 0 Å². The summed E-state index contributed by atoms with van der Waals surface area (Å²) in [6.45, 7) is 1.89. The van der Waals surface area contributed by atoms with Crippen molar-refractivity contribution in [2.24, 2.45) is 0 Å². The van der Waals surface area contributed by atoms with Crippen molar-refractivity contribution in [3.05, 3.63) is 47.3 Å². The normalized spacial score (nSPS) is 11.1. The summed E-state index contributed by atoms with van der Waals surface area (Å²) in [6.07, 6.45) is 0. The molecule has 2 aromatic carbocycles. The summed E-state index contributed by atoms with van der Waals surface area (Å²) in [6, 6.07) is 10.1. The monoisotopic (exact) mass is 353 g/mol. The van der Waals surface area contributed by atoms with Crippen molar-refractivity contribution < 1.29 is 19.4 Å². The van der Waals surface area contributed by atoms with Crippen molar-refractivity contribution in [2.75, 3.05) is 7.11 Å². The molecule has 25 heavy (non-hydrogen) atoms. The second-order valence-electron chi connectivity index (χ2n) is 5.70. The third kappa shape index (κ3) is 2.60. The molecule has 2 aromatic heterocycles. The van der Waals surface area contributed by atoms with E-state index in [0.29, 0.717) is 22.2 Å². The Labute approximate surface area is 147 Å². The fourth-order valence-electron chi connectivity index (χ4n) is 2.89. The molecule has 0 atom stereocenters. The fourth-order valence-corrected chi connectivity index (χ4v) is 3.52. The summed E-state index contributed by atoms with van der Waals surface area (Å²) >= 11 is 1.39. The van der Waals surface area contributed by atoms with Crippen molar-refractivity contribution >= 4 is 22.3 Å². The van der Waals surface area contributed by atoms with Crippen LogP contribution in [0.5, 0.6) is 16.7 Å². The number of benzene rings is 2. The number of nitrogens with zero attached hydrogens (tertiary/aromatic N) is 1. The quantitative estimate of drug-likeness (QED) is 0.545. The van der Waals surface area contributed by atoms with Crippen LogP contribution in [0.25, 0.3) is 33.6 Å². The maximum absolute atomic E-state index is 10.0. The van der Waals surface area contributed by atoms with Gasteiger partial charge >= 0.3 is 0 Å². The third-order valence-electron chi connectivity index (χ3n) is 4.00. The molecule has 6 heteroatoms. The van der Waals surface area contributed by atoms with Crippen molar-refractivity contribution in [1.82, 2.24) is 4.98 Å². The maximum atomic E-state index is 10.0. The van der Waals surface area contributed by atoms with E-state index in [1.807, 2.05) is 12.3 Å². The number of thiazole rings is 1. The van der Waals surface area contributed by atoms with Crippen LogP contribution in [-0.2, 0) is 0 Å². The number of phenols is 2. The average Bonchev–Trinajstić information content (AvgIpc) is 3.19. The number of furan rings is 1. The van der Waals surface area contributed by atoms with Gasteiger partial charge in [0, 0.05) is 16.3 Å². The van der Waals surface area contributed by atoms with Gasteiger partial charge in [-0.15, -0.1) is 0 Å². The minimum Gasteiger partial charge on any atom is -0.508 e. The number of methoxy groups -OCH3 is 1. The summed E-state index contributed by atoms with van der Waals surface area (Å²) in [5.41, 5.74) is 3.86. The first-order valence-electron chi connectivity index (χ1n) is 7.62. The number of hydrogen-bond donors (Lipinski definition) is 2. The lowest BCUT2D eigenvalue weighted by atomic mass is 10.0. The van der Waals surface area contributed by atoms with Crippen LogP contribution in [0.4, 0.5) is 0 Å². The zero-order valence-electron chi connectivity index (χ0n) is 13.6. The van der Waals surface area contributed by atoms with Crippen LogP contribution in [-0.4, -0.2) is 22.3 Å². The Bertz CT molecular complexity index is 1060. The topological polar surface area (TPSA) is 75.7 Å². The van der Waals surface area contributed by atoms with E-state index in [1.165, 1.54) is 11.3 Å². The number of aryl methyl sites for hydroxylation is 1. The molecule has 4 rings (SSSR count). The van der Waals surface area contributed by atoms with E-state index in [-0.39, 0.29) is 11.5 Å². The SMILES string of the molecule is COc1nc(-c2c(-c3ccc(O)cc3)oc3c(C)cc(O)cc23)cs1. The second kappa shape index (κ2) is 5.82. The van der Waals surface area contributed by atoms with Crippen molar-refractivity contribution in [2.45, 2.75) is 6.92 Å². The Morgan fingerprint density at radius 2 is 1.84 bits per heavy atom. The molecule has 0 radical (unpaired) electrons. The molecule has 0 fully saturated rings. The first-order chi connectivity index (χ1) is 12.1. The van der Waals surface area contributed by atoms with E-state index >= 15 is 0 Å². The number of rotatable bonds is 3. The highest BCUT2D eigenvalue weighted by Gasteiger charge is 2.22. The van der Waals surface area contributed by atoms with Gasteiger partial charge in [-0.25, -0.2) is 4.98 Å². The molecular weight excluding hydrogens is 338 g/mol. The van der Waals surface area contributed by atoms with Gasteiger partial charge in [0.2, 0.25) is 0 Å². The largest absolute Gasteiger partial charge is 0.508 e. The van der Waals surface area contributed by atoms with Gasteiger partial charge in [0.25, 0.3) is 5.19 Å². The minimum absolute atomic E-state index is 0.173. The van der Waals surface area contributed by atoms with E-state index in [2.05, 4.69) is 4.98 Å². The van der Waals surface area contributed by atoms with E-state index in [4.69, 9.17) is 9.15 Å². The number of phenolic OH excluding ortho intramolecular Hbond substituents is 2. The molecule has 126 valence electrons. The van der Waals surface area contributed by atoms with E-state index in [0.717, 1.165) is 22.1 Å². The molecule has 0 saturated carbocycles. The predicted octanol–water partition coefficient (Wildman–Crippen LogP) is 4.95. The molecule has 2 heterocycles. The van der Waals surface area contributed by atoms with E-state index in [1.54, 1.807) is 43.5 Å². The highest BCUT2D eigenvalue weighted by molar-refractivity contribution is 7.11. The van der Waals surface area contributed by atoms with Gasteiger partial charge in [0.05, 0.1) is 18.4 Å². The number of hydrogen-bond acceptors (Lipinski definition) is 6. The molecule has 4 aromatic rings. The van der Waals surface area contributed by atoms with Gasteiger partial charge in [-0.05, 0) is 48.9 Å². The van der Waals surface area contributed by atoms with Crippen LogP contribution < -0.4 is 4.74 Å². The van der Waals surface area contributed by atoms with Gasteiger partial charge in [-0.1, -0.05) is 11.3 Å². The molecule has 0 aliphatic heterocycles. The highest BCUT2D eigenvalue weighted by atomic mass is 32.1. The number of aromatic nitrogens is 1. The average molecular weight is 353 g/mol. The molecule has 0 bridgehead atoms. The van der Waals surface area contributed by atoms with E-state index < -0.39 is 0 Å². The standard InChI is InChI=1S/C19H15NO4S/c1-10-7-13(22)8-14-16(15-9-25-19(20-15)23-2)18(24-17(10)14)11-3-5-12(21)6-4-11/h3-9,21-22H,1-2H3. The van der Waals surface area contributed by atoms with Gasteiger partial charge in [-0.3, -0.25) is 0 Å². The predicted molar refractivity (Wildman–Crippen MR) is 97.4 cm³/mol. The zero-order valence-corrected chi connectivity index (χ0v) is 14.4. The molecule has 0 aliphatic rings. The molecule has 0 saturated heterocycles. The summed E-state index contributed by atoms with van der Waals surface area (Å²) in [5.74, 6) is 0.994. The van der Waals surface area contributed by atoms with Gasteiger partial charge in [0.15, 0.2) is 0 Å². The minimum atomic E-state index is 0.173. The fraction of sp³-hybridized carbons (Fsp3) is 0.105. The maximum Gasteiger partial charge on any atom is 0.273 e. The Morgan fingerprint density at radius 3 is 2.52 bits per heavy atom. The Balaban J connectivity index is 2.05. The molecule has 2 N–H and O–H groups in total. The molecule has 0 unspecified atom stereocenters. The molecular formula is C19H15NO4S. The Kier molecular flexibility index (Phi) is 3.62. The lowest BCUT2D eigenvalue weighted by molar-refractivity contribution is 0.412. The lowest BCUT2D eigenvalue weighted by Gasteiger charge is -2.01. The lowest BCUT2D eigenvalue weighted by Crippen LogP contribution is -1.84. The van der Waals surface area contributed by atoms with Gasteiger partial charge < -0.3 is 19.4 Å². The summed E-state index contributed by atoms with van der Waals surface area (Å²) in [5, 5.41) is 22.8. The number of ether oxygens (including phenoxy) is 1. The highest BCUT2D eigenvalue weighted by Crippen LogP contribution is 2.44. The smallest absolute Gasteiger partial charge is 0.273 e. The first-order valence-corrected chi connectivity index (χ1v) is 8.50. The van der Waals surface area contributed by atoms with Crippen LogP contribution in [0.3, 0.4) is 0 Å². The Hall–Kier alpha value is -2.99. The molecule has 0 spiro atoms. The third-order valence-corrected chi connectivity index (χ3v) is 4.80. The summed E-state index contributed by atoms with van der Waals surface area (Å²) < 4.78 is 11.3. The number of aromatic hydroxyl groups is 2. The van der Waals surface area contributed by atoms with Crippen molar-refractivity contribution in [3.8, 4) is 39.3 Å². The van der Waals surface area contributed by atoms with Crippen LogP contribution in [0.2, 0.25) is 0 Å². The van der Waals surface area contributed by atoms with Gasteiger partial charge in [-0.2, -0.15) is 0 Å². The molecule has 0 aliphatic carbocycles. The Morgan fingerprint density at radius 1 is 1.08 bits per heavy atom. The number of fused-ring (bicyclic) bond motifs is 1. The van der Waals surface area contributed by atoms with Gasteiger partial charge in [0.1, 0.15) is 22.8 Å². The second-order valence-corrected chi connectivity index (χ2v) is 6.52.